The summed E-state index contributed by atoms with van der Waals surface area (Å²) in [6, 6.07) is 6.58. The van der Waals surface area contributed by atoms with Crippen LogP contribution in [0, 0.1) is 11.8 Å². The average Bonchev–Trinajstić information content (AvgIpc) is 2.68. The number of ether oxygens (including phenoxy) is 1. The first kappa shape index (κ1) is 7.10. The molecule has 0 radical (unpaired) electrons. The number of rotatable bonds is 1. The maximum atomic E-state index is 5.27. The highest BCUT2D eigenvalue weighted by molar-refractivity contribution is 5.56. The lowest BCUT2D eigenvalue weighted by atomic mass is 9.98. The van der Waals surface area contributed by atoms with Crippen LogP contribution in [-0.2, 0) is 0 Å². The second-order valence-electron chi connectivity index (χ2n) is 4.59. The Morgan fingerprint density at radius 2 is 2.07 bits per heavy atom. The third-order valence-corrected chi connectivity index (χ3v) is 4.10. The molecule has 0 aromatic heterocycles. The summed E-state index contributed by atoms with van der Waals surface area (Å²) in [4.78, 5) is 0. The molecule has 4 rings (SSSR count). The van der Waals surface area contributed by atoms with Crippen molar-refractivity contribution in [1.82, 2.24) is 0 Å². The molecule has 1 saturated carbocycles. The van der Waals surface area contributed by atoms with Gasteiger partial charge < -0.3 is 4.74 Å². The zero-order chi connectivity index (χ0) is 9.28. The number of allylic oxidation sites excluding steroid dienone is 2. The molecule has 3 aliphatic rings. The lowest BCUT2D eigenvalue weighted by Crippen LogP contribution is -1.94. The third-order valence-electron chi connectivity index (χ3n) is 4.10. The van der Waals surface area contributed by atoms with E-state index >= 15 is 0 Å². The molecule has 1 heteroatoms. The standard InChI is InChI=1S/C13H12O/c1-14-7-2-3-8-11(6-7)9-4-5-10-12(8)13(9)10/h2-6,9-10,12-13H,1H3/t9-,10+,12+,13+/m0/s1. The molecule has 0 heterocycles. The van der Waals surface area contributed by atoms with Gasteiger partial charge in [0.2, 0.25) is 0 Å². The molecule has 0 spiro atoms. The quantitative estimate of drug-likeness (QED) is 0.610. The van der Waals surface area contributed by atoms with Gasteiger partial charge in [-0.05, 0) is 41.0 Å². The van der Waals surface area contributed by atoms with Gasteiger partial charge in [-0.3, -0.25) is 0 Å². The highest BCUT2D eigenvalue weighted by atomic mass is 16.5. The van der Waals surface area contributed by atoms with Crippen LogP contribution >= 0.6 is 0 Å². The summed E-state index contributed by atoms with van der Waals surface area (Å²) < 4.78 is 5.27. The molecule has 1 aromatic carbocycles. The Morgan fingerprint density at radius 1 is 1.14 bits per heavy atom. The largest absolute Gasteiger partial charge is 0.497 e. The summed E-state index contributed by atoms with van der Waals surface area (Å²) in [5.41, 5.74) is 3.10. The summed E-state index contributed by atoms with van der Waals surface area (Å²) in [5, 5.41) is 0. The maximum absolute atomic E-state index is 5.27. The zero-order valence-corrected chi connectivity index (χ0v) is 8.10. The van der Waals surface area contributed by atoms with Gasteiger partial charge in [0, 0.05) is 5.92 Å². The van der Waals surface area contributed by atoms with E-state index in [1.807, 2.05) is 0 Å². The van der Waals surface area contributed by atoms with E-state index in [2.05, 4.69) is 30.4 Å². The van der Waals surface area contributed by atoms with Gasteiger partial charge in [-0.2, -0.15) is 0 Å². The summed E-state index contributed by atoms with van der Waals surface area (Å²) in [6.45, 7) is 0. The Labute approximate surface area is 83.4 Å². The van der Waals surface area contributed by atoms with E-state index < -0.39 is 0 Å². The first-order valence-corrected chi connectivity index (χ1v) is 5.26. The van der Waals surface area contributed by atoms with Gasteiger partial charge in [-0.1, -0.05) is 18.2 Å². The molecule has 14 heavy (non-hydrogen) atoms. The second-order valence-corrected chi connectivity index (χ2v) is 4.59. The smallest absolute Gasteiger partial charge is 0.119 e. The van der Waals surface area contributed by atoms with Crippen molar-refractivity contribution in [2.45, 2.75) is 11.8 Å². The highest BCUT2D eigenvalue weighted by Gasteiger charge is 2.61. The van der Waals surface area contributed by atoms with Gasteiger partial charge in [0.05, 0.1) is 7.11 Å². The van der Waals surface area contributed by atoms with E-state index in [4.69, 9.17) is 4.74 Å². The fourth-order valence-corrected chi connectivity index (χ4v) is 3.44. The molecule has 0 unspecified atom stereocenters. The van der Waals surface area contributed by atoms with Crippen LogP contribution in [0.4, 0.5) is 0 Å². The summed E-state index contributed by atoms with van der Waals surface area (Å²) in [5.74, 6) is 4.35. The topological polar surface area (TPSA) is 9.23 Å². The van der Waals surface area contributed by atoms with Crippen LogP contribution in [0.2, 0.25) is 0 Å². The average molecular weight is 184 g/mol. The van der Waals surface area contributed by atoms with Crippen molar-refractivity contribution in [2.24, 2.45) is 11.8 Å². The Kier molecular flexibility index (Phi) is 1.04. The number of fused-ring (bicyclic) bond motifs is 4. The SMILES string of the molecule is COc1ccc2c(c1)[C@@H]1C=C[C@@H]3[C@@H]2[C@@H]31. The molecule has 0 N–H and O–H groups in total. The van der Waals surface area contributed by atoms with Crippen LogP contribution in [0.5, 0.6) is 5.75 Å². The van der Waals surface area contributed by atoms with E-state index in [9.17, 15) is 0 Å². The molecule has 0 bridgehead atoms. The van der Waals surface area contributed by atoms with Crippen molar-refractivity contribution in [1.29, 1.82) is 0 Å². The van der Waals surface area contributed by atoms with Crippen LogP contribution in [0.25, 0.3) is 0 Å². The van der Waals surface area contributed by atoms with Crippen LogP contribution in [0.1, 0.15) is 23.0 Å². The fourth-order valence-electron chi connectivity index (χ4n) is 3.44. The van der Waals surface area contributed by atoms with E-state index in [0.29, 0.717) is 5.92 Å². The molecule has 0 saturated heterocycles. The highest BCUT2D eigenvalue weighted by Crippen LogP contribution is 2.71. The number of hydrogen-bond donors (Lipinski definition) is 0. The lowest BCUT2D eigenvalue weighted by molar-refractivity contribution is 0.414. The number of methoxy groups -OCH3 is 1. The normalized spacial score (nSPS) is 39.5. The molecule has 4 atom stereocenters. The monoisotopic (exact) mass is 184 g/mol. The van der Waals surface area contributed by atoms with Crippen molar-refractivity contribution < 1.29 is 4.74 Å². The molecule has 1 nitrogen and oxygen atoms in total. The first-order chi connectivity index (χ1) is 6.90. The zero-order valence-electron chi connectivity index (χ0n) is 8.10. The first-order valence-electron chi connectivity index (χ1n) is 5.26. The van der Waals surface area contributed by atoms with Gasteiger partial charge in [0.15, 0.2) is 0 Å². The van der Waals surface area contributed by atoms with E-state index in [1.165, 1.54) is 5.56 Å². The predicted molar refractivity (Wildman–Crippen MR) is 54.6 cm³/mol. The molecule has 70 valence electrons. The molecule has 0 aliphatic heterocycles. The van der Waals surface area contributed by atoms with E-state index in [-0.39, 0.29) is 0 Å². The summed E-state index contributed by atoms with van der Waals surface area (Å²) in [6.07, 6.45) is 4.80. The van der Waals surface area contributed by atoms with Crippen molar-refractivity contribution in [3.05, 3.63) is 41.5 Å². The van der Waals surface area contributed by atoms with Crippen molar-refractivity contribution in [2.75, 3.05) is 7.11 Å². The summed E-state index contributed by atoms with van der Waals surface area (Å²) >= 11 is 0. The van der Waals surface area contributed by atoms with Crippen LogP contribution < -0.4 is 4.74 Å². The third kappa shape index (κ3) is 0.617. The minimum Gasteiger partial charge on any atom is -0.497 e. The Morgan fingerprint density at radius 3 is 2.93 bits per heavy atom. The number of hydrogen-bond acceptors (Lipinski definition) is 1. The maximum Gasteiger partial charge on any atom is 0.119 e. The van der Waals surface area contributed by atoms with Gasteiger partial charge in [-0.15, -0.1) is 0 Å². The van der Waals surface area contributed by atoms with Crippen LogP contribution in [-0.4, -0.2) is 7.11 Å². The minimum atomic E-state index is 0.704. The predicted octanol–water partition coefficient (Wildman–Crippen LogP) is 2.69. The van der Waals surface area contributed by atoms with Crippen LogP contribution in [0.3, 0.4) is 0 Å². The molecule has 0 amide bonds. The minimum absolute atomic E-state index is 0.704. The molecule has 3 aliphatic carbocycles. The Balaban J connectivity index is 1.92. The second kappa shape index (κ2) is 2.05. The van der Waals surface area contributed by atoms with Gasteiger partial charge in [0.1, 0.15) is 5.75 Å². The number of benzene rings is 1. The molecule has 1 aromatic rings. The van der Waals surface area contributed by atoms with Gasteiger partial charge in [-0.25, -0.2) is 0 Å². The van der Waals surface area contributed by atoms with Crippen LogP contribution in [0.15, 0.2) is 30.4 Å². The van der Waals surface area contributed by atoms with E-state index in [0.717, 1.165) is 23.5 Å². The lowest BCUT2D eigenvalue weighted by Gasteiger charge is -2.09. The van der Waals surface area contributed by atoms with Gasteiger partial charge >= 0.3 is 0 Å². The van der Waals surface area contributed by atoms with Gasteiger partial charge in [0.25, 0.3) is 0 Å². The Bertz CT molecular complexity index is 447. The molecular formula is C13H12O. The fraction of sp³-hybridized carbons (Fsp3) is 0.385. The molecular weight excluding hydrogens is 172 g/mol. The van der Waals surface area contributed by atoms with Crippen molar-refractivity contribution in [3.8, 4) is 5.75 Å². The van der Waals surface area contributed by atoms with Crippen molar-refractivity contribution >= 4 is 0 Å². The van der Waals surface area contributed by atoms with E-state index in [1.54, 1.807) is 12.7 Å². The summed E-state index contributed by atoms with van der Waals surface area (Å²) in [7, 11) is 1.74. The molecule has 1 fully saturated rings. The van der Waals surface area contributed by atoms with Crippen molar-refractivity contribution in [3.63, 3.8) is 0 Å². The Hall–Kier alpha value is -1.24.